The molecule has 0 aliphatic carbocycles. The van der Waals surface area contributed by atoms with E-state index in [2.05, 4.69) is 0 Å². The molecule has 0 amide bonds. The summed E-state index contributed by atoms with van der Waals surface area (Å²) in [4.78, 5) is -1.46. The molecule has 0 spiro atoms. The summed E-state index contributed by atoms with van der Waals surface area (Å²) in [5.74, 6) is -1.69. The van der Waals surface area contributed by atoms with Gasteiger partial charge in [-0.2, -0.15) is 0 Å². The van der Waals surface area contributed by atoms with Gasteiger partial charge in [-0.25, -0.2) is 21.2 Å². The minimum Gasteiger partial charge on any atom is -0.507 e. The van der Waals surface area contributed by atoms with E-state index in [1.165, 1.54) is 84.9 Å². The number of sulfone groups is 2. The van der Waals surface area contributed by atoms with Crippen molar-refractivity contribution in [2.45, 2.75) is 19.6 Å². The van der Waals surface area contributed by atoms with Crippen molar-refractivity contribution >= 4 is 19.7 Å². The normalized spacial score (nSPS) is 11.8. The van der Waals surface area contributed by atoms with E-state index in [4.69, 9.17) is 4.74 Å². The zero-order chi connectivity index (χ0) is 23.6. The van der Waals surface area contributed by atoms with E-state index in [9.17, 15) is 26.3 Å². The summed E-state index contributed by atoms with van der Waals surface area (Å²) in [7, 11) is -8.53. The molecule has 0 radical (unpaired) electrons. The third-order valence-electron chi connectivity index (χ3n) is 4.78. The van der Waals surface area contributed by atoms with Gasteiger partial charge < -0.3 is 9.84 Å². The highest BCUT2D eigenvalue weighted by atomic mass is 32.2. The van der Waals surface area contributed by atoms with Crippen molar-refractivity contribution in [3.8, 4) is 17.2 Å². The van der Waals surface area contributed by atoms with Gasteiger partial charge in [0.15, 0.2) is 0 Å². The molecule has 9 heteroatoms. The predicted octanol–water partition coefficient (Wildman–Crippen LogP) is 4.99. The van der Waals surface area contributed by atoms with Crippen LogP contribution in [0, 0.1) is 5.82 Å². The van der Waals surface area contributed by atoms with E-state index in [-0.39, 0.29) is 26.2 Å². The van der Waals surface area contributed by atoms with Crippen LogP contribution in [-0.4, -0.2) is 21.9 Å². The smallest absolute Gasteiger partial charge is 0.213 e. The average molecular weight is 485 g/mol. The quantitative estimate of drug-likeness (QED) is 0.414. The van der Waals surface area contributed by atoms with Crippen LogP contribution >= 0.6 is 0 Å². The molecular formula is C24H17FO6S2. The zero-order valence-electron chi connectivity index (χ0n) is 16.9. The molecule has 0 aromatic heterocycles. The molecule has 4 aromatic rings. The molecule has 0 aliphatic heterocycles. The Balaban J connectivity index is 1.83. The summed E-state index contributed by atoms with van der Waals surface area (Å²) < 4.78 is 72.7. The van der Waals surface area contributed by atoms with Gasteiger partial charge in [-0.3, -0.25) is 0 Å². The van der Waals surface area contributed by atoms with Crippen LogP contribution in [-0.2, 0) is 19.7 Å². The molecule has 4 aromatic carbocycles. The molecule has 168 valence electrons. The molecule has 0 bridgehead atoms. The topological polar surface area (TPSA) is 97.7 Å². The van der Waals surface area contributed by atoms with Crippen molar-refractivity contribution in [3.05, 3.63) is 103 Å². The van der Waals surface area contributed by atoms with Crippen LogP contribution < -0.4 is 4.74 Å². The number of benzene rings is 4. The first kappa shape index (κ1) is 22.5. The molecule has 0 saturated heterocycles. The summed E-state index contributed by atoms with van der Waals surface area (Å²) in [6.45, 7) is 0. The Morgan fingerprint density at radius 1 is 0.545 bits per heavy atom. The van der Waals surface area contributed by atoms with Crippen molar-refractivity contribution in [1.82, 2.24) is 0 Å². The van der Waals surface area contributed by atoms with E-state index in [1.807, 2.05) is 0 Å². The van der Waals surface area contributed by atoms with Gasteiger partial charge in [-0.15, -0.1) is 0 Å². The highest BCUT2D eigenvalue weighted by molar-refractivity contribution is 7.92. The Hall–Kier alpha value is -3.69. The largest absolute Gasteiger partial charge is 0.507 e. The Kier molecular flexibility index (Phi) is 5.92. The molecule has 4 rings (SSSR count). The molecule has 0 aliphatic rings. The van der Waals surface area contributed by atoms with Crippen molar-refractivity contribution in [2.75, 3.05) is 0 Å². The van der Waals surface area contributed by atoms with E-state index < -0.39 is 36.1 Å². The van der Waals surface area contributed by atoms with Gasteiger partial charge in [0.05, 0.1) is 0 Å². The third kappa shape index (κ3) is 4.20. The van der Waals surface area contributed by atoms with Crippen molar-refractivity contribution < 1.29 is 31.1 Å². The minimum absolute atomic E-state index is 0.156. The molecule has 0 heterocycles. The van der Waals surface area contributed by atoms with Crippen LogP contribution in [0.25, 0.3) is 0 Å². The number of aromatic hydroxyl groups is 1. The third-order valence-corrected chi connectivity index (χ3v) is 8.45. The second-order valence-electron chi connectivity index (χ2n) is 6.90. The van der Waals surface area contributed by atoms with Crippen molar-refractivity contribution in [3.63, 3.8) is 0 Å². The average Bonchev–Trinajstić information content (AvgIpc) is 2.80. The molecule has 0 saturated carbocycles. The maximum absolute atomic E-state index is 14.3. The predicted molar refractivity (Wildman–Crippen MR) is 118 cm³/mol. The van der Waals surface area contributed by atoms with Gasteiger partial charge in [0.25, 0.3) is 0 Å². The summed E-state index contributed by atoms with van der Waals surface area (Å²) in [5, 5.41) is 10.1. The summed E-state index contributed by atoms with van der Waals surface area (Å²) >= 11 is 0. The monoisotopic (exact) mass is 484 g/mol. The Labute approximate surface area is 190 Å². The maximum Gasteiger partial charge on any atom is 0.213 e. The highest BCUT2D eigenvalue weighted by Gasteiger charge is 2.28. The summed E-state index contributed by atoms with van der Waals surface area (Å²) in [5.41, 5.74) is 0. The molecule has 6 nitrogen and oxygen atoms in total. The van der Waals surface area contributed by atoms with E-state index in [1.54, 1.807) is 0 Å². The van der Waals surface area contributed by atoms with E-state index >= 15 is 0 Å². The molecular weight excluding hydrogens is 467 g/mol. The van der Waals surface area contributed by atoms with Gasteiger partial charge in [-0.05, 0) is 48.5 Å². The number of ether oxygens (including phenoxy) is 1. The van der Waals surface area contributed by atoms with Crippen LogP contribution in [0.5, 0.6) is 17.2 Å². The Bertz CT molecular complexity index is 1430. The first-order chi connectivity index (χ1) is 15.7. The summed E-state index contributed by atoms with van der Waals surface area (Å²) in [6, 6.07) is 21.6. The number of halogens is 1. The fourth-order valence-electron chi connectivity index (χ4n) is 3.22. The van der Waals surface area contributed by atoms with Crippen LogP contribution in [0.1, 0.15) is 0 Å². The van der Waals surface area contributed by atoms with Crippen molar-refractivity contribution in [1.29, 1.82) is 0 Å². The lowest BCUT2D eigenvalue weighted by molar-refractivity contribution is 0.450. The number of phenolic OH excluding ortho intramolecular Hbond substituents is 1. The first-order valence-corrected chi connectivity index (χ1v) is 12.6. The van der Waals surface area contributed by atoms with Gasteiger partial charge in [-0.1, -0.05) is 48.5 Å². The number of hydrogen-bond acceptors (Lipinski definition) is 6. The zero-order valence-corrected chi connectivity index (χ0v) is 18.6. The van der Waals surface area contributed by atoms with Gasteiger partial charge in [0.1, 0.15) is 42.6 Å². The minimum atomic E-state index is -4.32. The fourth-order valence-corrected chi connectivity index (χ4v) is 6.14. The second-order valence-corrected chi connectivity index (χ2v) is 10.7. The summed E-state index contributed by atoms with van der Waals surface area (Å²) in [6.07, 6.45) is 0. The molecule has 0 unspecified atom stereocenters. The van der Waals surface area contributed by atoms with Crippen molar-refractivity contribution in [2.24, 2.45) is 0 Å². The van der Waals surface area contributed by atoms with Crippen LogP contribution in [0.2, 0.25) is 0 Å². The van der Waals surface area contributed by atoms with Gasteiger partial charge in [0.2, 0.25) is 19.7 Å². The van der Waals surface area contributed by atoms with Crippen LogP contribution in [0.15, 0.2) is 117 Å². The number of rotatable bonds is 6. The number of phenols is 1. The lowest BCUT2D eigenvalue weighted by Crippen LogP contribution is -2.08. The molecule has 1 N–H and O–H groups in total. The number of hydrogen-bond donors (Lipinski definition) is 1. The second kappa shape index (κ2) is 8.68. The van der Waals surface area contributed by atoms with Crippen LogP contribution in [0.3, 0.4) is 0 Å². The fraction of sp³-hybridized carbons (Fsp3) is 0. The Morgan fingerprint density at radius 2 is 0.939 bits per heavy atom. The number of para-hydroxylation sites is 3. The van der Waals surface area contributed by atoms with Crippen LogP contribution in [0.4, 0.5) is 4.39 Å². The lowest BCUT2D eigenvalue weighted by atomic mass is 10.3. The molecule has 0 atom stereocenters. The maximum atomic E-state index is 14.3. The SMILES string of the molecule is O=S(=O)(c1ccccc1O)c1ccccc1Oc1ccccc1S(=O)(=O)c1ccccc1F. The van der Waals surface area contributed by atoms with E-state index in [0.29, 0.717) is 0 Å². The van der Waals surface area contributed by atoms with Gasteiger partial charge in [0, 0.05) is 0 Å². The lowest BCUT2D eigenvalue weighted by Gasteiger charge is -2.15. The molecule has 0 fully saturated rings. The Morgan fingerprint density at radius 3 is 1.45 bits per heavy atom. The standard InChI is InChI=1S/C24H17FO6S2/c25-17-9-1-5-13-21(17)32(27,28)23-15-7-3-11-19(23)31-20-12-4-8-16-24(20)33(29,30)22-14-6-2-10-18(22)26/h1-16,26H. The molecule has 33 heavy (non-hydrogen) atoms. The first-order valence-electron chi connectivity index (χ1n) is 9.61. The van der Waals surface area contributed by atoms with Gasteiger partial charge >= 0.3 is 0 Å². The van der Waals surface area contributed by atoms with E-state index in [0.717, 1.165) is 12.1 Å². The highest BCUT2D eigenvalue weighted by Crippen LogP contribution is 2.38.